The molecule has 0 bridgehead atoms. The number of unbranched alkanes of at least 4 members (excludes halogenated alkanes) is 3. The van der Waals surface area contributed by atoms with E-state index in [0.717, 1.165) is 32.1 Å². The average molecular weight is 216 g/mol. The second-order valence-electron chi connectivity index (χ2n) is 4.08. The summed E-state index contributed by atoms with van der Waals surface area (Å²) in [7, 11) is 0. The molecule has 0 aromatic rings. The summed E-state index contributed by atoms with van der Waals surface area (Å²) >= 11 is 0. The summed E-state index contributed by atoms with van der Waals surface area (Å²) < 4.78 is 5.27. The number of rotatable bonds is 8. The van der Waals surface area contributed by atoms with Crippen LogP contribution in [0.25, 0.3) is 0 Å². The second kappa shape index (κ2) is 5.47. The van der Waals surface area contributed by atoms with E-state index in [-0.39, 0.29) is 12.7 Å². The predicted molar refractivity (Wildman–Crippen MR) is 55.7 cm³/mol. The Labute approximate surface area is 90.2 Å². The van der Waals surface area contributed by atoms with Crippen molar-refractivity contribution >= 4 is 5.97 Å². The Morgan fingerprint density at radius 1 is 1.33 bits per heavy atom. The molecule has 0 spiro atoms. The van der Waals surface area contributed by atoms with Gasteiger partial charge in [-0.1, -0.05) is 26.2 Å². The fourth-order valence-corrected chi connectivity index (χ4v) is 1.96. The summed E-state index contributed by atoms with van der Waals surface area (Å²) in [4.78, 5) is 10.9. The molecule has 2 unspecified atom stereocenters. The lowest BCUT2D eigenvalue weighted by Crippen LogP contribution is -2.26. The molecule has 15 heavy (non-hydrogen) atoms. The normalized spacial score (nSPS) is 29.1. The predicted octanol–water partition coefficient (Wildman–Crippen LogP) is 1.56. The molecule has 1 saturated heterocycles. The first-order valence-corrected chi connectivity index (χ1v) is 5.69. The van der Waals surface area contributed by atoms with Gasteiger partial charge in [0.05, 0.1) is 6.10 Å². The smallest absolute Gasteiger partial charge is 0.338 e. The van der Waals surface area contributed by atoms with E-state index in [1.54, 1.807) is 0 Å². The van der Waals surface area contributed by atoms with Crippen LogP contribution in [0.4, 0.5) is 0 Å². The lowest BCUT2D eigenvalue weighted by atomic mass is 9.98. The zero-order valence-electron chi connectivity index (χ0n) is 9.24. The average Bonchev–Trinajstić information content (AvgIpc) is 2.93. The number of carboxylic acid groups (broad SMARTS) is 1. The quantitative estimate of drug-likeness (QED) is 0.477. The van der Waals surface area contributed by atoms with Crippen LogP contribution in [0.2, 0.25) is 0 Å². The van der Waals surface area contributed by atoms with Gasteiger partial charge in [-0.05, 0) is 19.3 Å². The number of ether oxygens (including phenoxy) is 1. The molecule has 0 aromatic heterocycles. The van der Waals surface area contributed by atoms with Crippen LogP contribution in [0.15, 0.2) is 0 Å². The molecule has 2 atom stereocenters. The molecule has 4 nitrogen and oxygen atoms in total. The summed E-state index contributed by atoms with van der Waals surface area (Å²) in [6.07, 6.45) is 5.15. The maximum atomic E-state index is 10.9. The van der Waals surface area contributed by atoms with Gasteiger partial charge in [0.15, 0.2) is 5.60 Å². The Hall–Kier alpha value is -0.610. The molecule has 1 fully saturated rings. The molecule has 1 aliphatic heterocycles. The molecular formula is C11H20O4. The highest BCUT2D eigenvalue weighted by Crippen LogP contribution is 2.42. The highest BCUT2D eigenvalue weighted by atomic mass is 16.6. The molecule has 0 aliphatic carbocycles. The highest BCUT2D eigenvalue weighted by molar-refractivity contribution is 5.81. The Balaban J connectivity index is 2.12. The topological polar surface area (TPSA) is 70.1 Å². The van der Waals surface area contributed by atoms with Gasteiger partial charge in [-0.3, -0.25) is 0 Å². The molecule has 88 valence electrons. The minimum atomic E-state index is -0.878. The Bertz CT molecular complexity index is 217. The van der Waals surface area contributed by atoms with Gasteiger partial charge >= 0.3 is 5.97 Å². The number of hydrogen-bond donors (Lipinski definition) is 2. The summed E-state index contributed by atoms with van der Waals surface area (Å²) in [5, 5.41) is 17.5. The first kappa shape index (κ1) is 12.5. The molecule has 2 N–H and O–H groups in total. The van der Waals surface area contributed by atoms with Gasteiger partial charge in [0.25, 0.3) is 0 Å². The van der Waals surface area contributed by atoms with Crippen molar-refractivity contribution in [2.24, 2.45) is 0 Å². The maximum absolute atomic E-state index is 10.9. The fraction of sp³-hybridized carbons (Fsp3) is 0.909. The van der Waals surface area contributed by atoms with Crippen LogP contribution in [0.5, 0.6) is 0 Å². The molecule has 1 aliphatic rings. The van der Waals surface area contributed by atoms with Crippen molar-refractivity contribution in [1.82, 2.24) is 0 Å². The van der Waals surface area contributed by atoms with E-state index < -0.39 is 11.6 Å². The van der Waals surface area contributed by atoms with Crippen LogP contribution in [0.1, 0.15) is 45.4 Å². The number of carbonyl (C=O) groups is 1. The molecule has 1 heterocycles. The third-order valence-electron chi connectivity index (χ3n) is 3.08. The van der Waals surface area contributed by atoms with Crippen LogP contribution < -0.4 is 0 Å². The lowest BCUT2D eigenvalue weighted by molar-refractivity contribution is -0.143. The fourth-order valence-electron chi connectivity index (χ4n) is 1.96. The minimum Gasteiger partial charge on any atom is -0.479 e. The molecule has 0 amide bonds. The molecule has 0 saturated carbocycles. The largest absolute Gasteiger partial charge is 0.479 e. The first-order valence-electron chi connectivity index (χ1n) is 5.69. The SMILES string of the molecule is CCC1(C(=O)O)OC1CCCCCCO. The monoisotopic (exact) mass is 216 g/mol. The number of epoxide rings is 1. The van der Waals surface area contributed by atoms with E-state index in [9.17, 15) is 4.79 Å². The molecule has 0 aromatic carbocycles. The summed E-state index contributed by atoms with van der Waals surface area (Å²) in [5.74, 6) is -0.828. The standard InChI is InChI=1S/C11H20O4/c1-2-11(10(13)14)9(15-11)7-5-3-4-6-8-12/h9,12H,2-8H2,1H3,(H,13,14). The van der Waals surface area contributed by atoms with Crippen LogP contribution in [-0.4, -0.2) is 34.5 Å². The van der Waals surface area contributed by atoms with Crippen molar-refractivity contribution in [3.8, 4) is 0 Å². The van der Waals surface area contributed by atoms with E-state index in [4.69, 9.17) is 14.9 Å². The van der Waals surface area contributed by atoms with Crippen LogP contribution in [-0.2, 0) is 9.53 Å². The van der Waals surface area contributed by atoms with Crippen molar-refractivity contribution in [3.63, 3.8) is 0 Å². The Morgan fingerprint density at radius 3 is 2.47 bits per heavy atom. The molecule has 1 rings (SSSR count). The van der Waals surface area contributed by atoms with E-state index in [0.29, 0.717) is 6.42 Å². The summed E-state index contributed by atoms with van der Waals surface area (Å²) in [6, 6.07) is 0. The van der Waals surface area contributed by atoms with Crippen molar-refractivity contribution in [2.75, 3.05) is 6.61 Å². The first-order chi connectivity index (χ1) is 7.17. The molecule has 0 radical (unpaired) electrons. The number of aliphatic carboxylic acids is 1. The number of aliphatic hydroxyl groups is 1. The van der Waals surface area contributed by atoms with Crippen LogP contribution in [0, 0.1) is 0 Å². The van der Waals surface area contributed by atoms with Crippen molar-refractivity contribution in [2.45, 2.75) is 57.2 Å². The third-order valence-corrected chi connectivity index (χ3v) is 3.08. The van der Waals surface area contributed by atoms with Gasteiger partial charge in [-0.25, -0.2) is 4.79 Å². The van der Waals surface area contributed by atoms with E-state index >= 15 is 0 Å². The van der Waals surface area contributed by atoms with Gasteiger partial charge in [-0.2, -0.15) is 0 Å². The lowest BCUT2D eigenvalue weighted by Gasteiger charge is -2.03. The molecular weight excluding hydrogens is 196 g/mol. The second-order valence-corrected chi connectivity index (χ2v) is 4.08. The Morgan fingerprint density at radius 2 is 2.00 bits per heavy atom. The minimum absolute atomic E-state index is 0.0888. The number of carboxylic acids is 1. The van der Waals surface area contributed by atoms with Crippen LogP contribution >= 0.6 is 0 Å². The van der Waals surface area contributed by atoms with Crippen molar-refractivity contribution < 1.29 is 19.7 Å². The molecule has 4 heteroatoms. The van der Waals surface area contributed by atoms with Gasteiger partial charge < -0.3 is 14.9 Å². The summed E-state index contributed by atoms with van der Waals surface area (Å²) in [5.41, 5.74) is -0.878. The van der Waals surface area contributed by atoms with Gasteiger partial charge in [0, 0.05) is 6.61 Å². The third kappa shape index (κ3) is 2.92. The summed E-state index contributed by atoms with van der Waals surface area (Å²) in [6.45, 7) is 2.09. The van der Waals surface area contributed by atoms with E-state index in [1.165, 1.54) is 0 Å². The van der Waals surface area contributed by atoms with Crippen molar-refractivity contribution in [3.05, 3.63) is 0 Å². The Kier molecular flexibility index (Phi) is 4.54. The van der Waals surface area contributed by atoms with Crippen molar-refractivity contribution in [1.29, 1.82) is 0 Å². The zero-order valence-corrected chi connectivity index (χ0v) is 9.24. The van der Waals surface area contributed by atoms with Gasteiger partial charge in [0.1, 0.15) is 0 Å². The van der Waals surface area contributed by atoms with E-state index in [1.807, 2.05) is 6.92 Å². The van der Waals surface area contributed by atoms with Crippen LogP contribution in [0.3, 0.4) is 0 Å². The number of hydrogen-bond acceptors (Lipinski definition) is 3. The van der Waals surface area contributed by atoms with Gasteiger partial charge in [0.2, 0.25) is 0 Å². The zero-order chi connectivity index (χ0) is 11.3. The van der Waals surface area contributed by atoms with E-state index in [2.05, 4.69) is 0 Å². The maximum Gasteiger partial charge on any atom is 0.338 e. The highest BCUT2D eigenvalue weighted by Gasteiger charge is 2.60. The van der Waals surface area contributed by atoms with Gasteiger partial charge in [-0.15, -0.1) is 0 Å². The number of aliphatic hydroxyl groups excluding tert-OH is 1.